The van der Waals surface area contributed by atoms with E-state index in [9.17, 15) is 4.79 Å². The number of amides is 1. The molecule has 0 atom stereocenters. The van der Waals surface area contributed by atoms with Crippen LogP contribution in [0.15, 0.2) is 0 Å². The van der Waals surface area contributed by atoms with E-state index >= 15 is 0 Å². The molecule has 0 spiro atoms. The van der Waals surface area contributed by atoms with Crippen LogP contribution in [-0.2, 0) is 4.18 Å². The summed E-state index contributed by atoms with van der Waals surface area (Å²) < 4.78 is 4.29. The number of nitrogens with zero attached hydrogens (tertiary/aromatic N) is 2. The van der Waals surface area contributed by atoms with E-state index < -0.39 is 0 Å². The van der Waals surface area contributed by atoms with Crippen molar-refractivity contribution in [2.45, 2.75) is 0 Å². The van der Waals surface area contributed by atoms with E-state index in [1.807, 2.05) is 7.05 Å². The molecule has 0 bridgehead atoms. The molecule has 0 aromatic rings. The minimum Gasteiger partial charge on any atom is -0.378 e. The fourth-order valence-corrected chi connectivity index (χ4v) is 1.16. The van der Waals surface area contributed by atoms with Gasteiger partial charge in [0, 0.05) is 39.1 Å². The molecule has 1 aliphatic rings. The molecule has 11 heavy (non-hydrogen) atoms. The average Bonchev–Trinajstić information content (AvgIpc) is 2.05. The maximum Gasteiger partial charge on any atom is 0.421 e. The van der Waals surface area contributed by atoms with E-state index in [1.165, 1.54) is 0 Å². The summed E-state index contributed by atoms with van der Waals surface area (Å²) in [6.45, 7) is 3.28. The molecular weight excluding hydrogens is 164 g/mol. The van der Waals surface area contributed by atoms with Crippen LogP contribution in [0.5, 0.6) is 0 Å². The van der Waals surface area contributed by atoms with Gasteiger partial charge in [-0.2, -0.15) is 0 Å². The van der Waals surface area contributed by atoms with Gasteiger partial charge in [-0.15, -0.1) is 0 Å². The summed E-state index contributed by atoms with van der Waals surface area (Å²) in [7, 11) is 2.03. The normalized spacial score (nSPS) is 20.0. The number of thiol groups is 1. The predicted octanol–water partition coefficient (Wildman–Crippen LogP) is 0.215. The minimum atomic E-state index is -0.346. The quantitative estimate of drug-likeness (QED) is 0.423. The van der Waals surface area contributed by atoms with Crippen LogP contribution >= 0.6 is 12.9 Å². The standard InChI is InChI=1S/C6H12N2O2S/c1-7-2-4-8(5-3-7)6(9)10-11/h11H,2-5H2,1H3. The van der Waals surface area contributed by atoms with Crippen molar-refractivity contribution in [2.75, 3.05) is 33.2 Å². The first-order chi connectivity index (χ1) is 5.24. The molecule has 0 radical (unpaired) electrons. The van der Waals surface area contributed by atoms with Crippen LogP contribution in [0.4, 0.5) is 4.79 Å². The zero-order chi connectivity index (χ0) is 8.27. The summed E-state index contributed by atoms with van der Waals surface area (Å²) in [5, 5.41) is 0. The summed E-state index contributed by atoms with van der Waals surface area (Å²) in [6, 6.07) is 0. The third-order valence-corrected chi connectivity index (χ3v) is 2.00. The number of piperazine rings is 1. The van der Waals surface area contributed by atoms with E-state index in [1.54, 1.807) is 4.90 Å². The Hall–Kier alpha value is -0.420. The molecule has 64 valence electrons. The van der Waals surface area contributed by atoms with E-state index in [0.717, 1.165) is 26.2 Å². The lowest BCUT2D eigenvalue weighted by atomic mass is 10.3. The molecule has 0 saturated carbocycles. The van der Waals surface area contributed by atoms with Crippen molar-refractivity contribution in [1.29, 1.82) is 0 Å². The smallest absolute Gasteiger partial charge is 0.378 e. The van der Waals surface area contributed by atoms with Crippen molar-refractivity contribution in [1.82, 2.24) is 9.80 Å². The lowest BCUT2D eigenvalue weighted by Crippen LogP contribution is -2.46. The molecule has 0 unspecified atom stereocenters. The second-order valence-electron chi connectivity index (χ2n) is 2.65. The Balaban J connectivity index is 2.33. The maximum atomic E-state index is 10.9. The van der Waals surface area contributed by atoms with Crippen molar-refractivity contribution in [3.63, 3.8) is 0 Å². The molecule has 5 heteroatoms. The first-order valence-corrected chi connectivity index (χ1v) is 3.89. The molecule has 1 saturated heterocycles. The third kappa shape index (κ3) is 2.27. The Morgan fingerprint density at radius 2 is 1.91 bits per heavy atom. The molecule has 0 aliphatic carbocycles. The molecular formula is C6H12N2O2S. The Kier molecular flexibility index (Phi) is 3.02. The van der Waals surface area contributed by atoms with E-state index in [4.69, 9.17) is 0 Å². The third-order valence-electron chi connectivity index (χ3n) is 1.84. The molecule has 4 nitrogen and oxygen atoms in total. The van der Waals surface area contributed by atoms with Crippen LogP contribution in [-0.4, -0.2) is 49.1 Å². The van der Waals surface area contributed by atoms with Crippen LogP contribution in [0.3, 0.4) is 0 Å². The predicted molar refractivity (Wildman–Crippen MR) is 44.5 cm³/mol. The van der Waals surface area contributed by atoms with Crippen molar-refractivity contribution in [3.05, 3.63) is 0 Å². The lowest BCUT2D eigenvalue weighted by Gasteiger charge is -2.30. The monoisotopic (exact) mass is 176 g/mol. The highest BCUT2D eigenvalue weighted by Crippen LogP contribution is 2.01. The van der Waals surface area contributed by atoms with Gasteiger partial charge in [0.2, 0.25) is 0 Å². The zero-order valence-corrected chi connectivity index (χ0v) is 7.38. The SMILES string of the molecule is CN1CCN(C(=O)OS)CC1. The largest absolute Gasteiger partial charge is 0.421 e. The molecule has 0 aromatic heterocycles. The Morgan fingerprint density at radius 1 is 1.36 bits per heavy atom. The maximum absolute atomic E-state index is 10.9. The summed E-state index contributed by atoms with van der Waals surface area (Å²) in [4.78, 5) is 14.7. The molecule has 0 aromatic carbocycles. The number of rotatable bonds is 0. The Morgan fingerprint density at radius 3 is 2.36 bits per heavy atom. The van der Waals surface area contributed by atoms with Crippen LogP contribution in [0, 0.1) is 0 Å². The van der Waals surface area contributed by atoms with Gasteiger partial charge in [0.1, 0.15) is 0 Å². The molecule has 1 heterocycles. The Bertz CT molecular complexity index is 146. The van der Waals surface area contributed by atoms with Gasteiger partial charge in [-0.05, 0) is 7.05 Å². The van der Waals surface area contributed by atoms with E-state index in [2.05, 4.69) is 22.0 Å². The topological polar surface area (TPSA) is 32.8 Å². The molecule has 1 fully saturated rings. The van der Waals surface area contributed by atoms with Crippen LogP contribution in [0.2, 0.25) is 0 Å². The van der Waals surface area contributed by atoms with Gasteiger partial charge in [-0.1, -0.05) is 0 Å². The van der Waals surface area contributed by atoms with Gasteiger partial charge in [-0.25, -0.2) is 4.79 Å². The number of carbonyl (C=O) groups is 1. The second-order valence-corrected chi connectivity index (χ2v) is 2.83. The number of likely N-dealkylation sites (N-methyl/N-ethyl adjacent to an activating group) is 1. The van der Waals surface area contributed by atoms with Gasteiger partial charge in [0.05, 0.1) is 0 Å². The van der Waals surface area contributed by atoms with Gasteiger partial charge in [0.15, 0.2) is 0 Å². The first kappa shape index (κ1) is 8.67. The second kappa shape index (κ2) is 3.82. The summed E-state index contributed by atoms with van der Waals surface area (Å²) in [5.41, 5.74) is 0. The molecule has 0 N–H and O–H groups in total. The van der Waals surface area contributed by atoms with Gasteiger partial charge >= 0.3 is 6.09 Å². The van der Waals surface area contributed by atoms with Gasteiger partial charge in [0.25, 0.3) is 0 Å². The highest BCUT2D eigenvalue weighted by atomic mass is 32.1. The highest BCUT2D eigenvalue weighted by molar-refractivity contribution is 7.75. The van der Waals surface area contributed by atoms with Crippen LogP contribution < -0.4 is 0 Å². The van der Waals surface area contributed by atoms with Gasteiger partial charge < -0.3 is 14.0 Å². The van der Waals surface area contributed by atoms with Crippen molar-refractivity contribution in [2.24, 2.45) is 0 Å². The lowest BCUT2D eigenvalue weighted by molar-refractivity contribution is 0.127. The van der Waals surface area contributed by atoms with Crippen molar-refractivity contribution >= 4 is 19.0 Å². The summed E-state index contributed by atoms with van der Waals surface area (Å²) >= 11 is 3.44. The van der Waals surface area contributed by atoms with E-state index in [0.29, 0.717) is 0 Å². The number of hydrogen-bond donors (Lipinski definition) is 1. The number of hydrogen-bond acceptors (Lipinski definition) is 4. The Labute approximate surface area is 71.7 Å². The van der Waals surface area contributed by atoms with Crippen molar-refractivity contribution < 1.29 is 8.98 Å². The summed E-state index contributed by atoms with van der Waals surface area (Å²) in [6.07, 6.45) is -0.346. The van der Waals surface area contributed by atoms with Crippen molar-refractivity contribution in [3.8, 4) is 0 Å². The van der Waals surface area contributed by atoms with Gasteiger partial charge in [-0.3, -0.25) is 0 Å². The van der Waals surface area contributed by atoms with Crippen LogP contribution in [0.25, 0.3) is 0 Å². The van der Waals surface area contributed by atoms with Crippen LogP contribution in [0.1, 0.15) is 0 Å². The fourth-order valence-electron chi connectivity index (χ4n) is 1.05. The minimum absolute atomic E-state index is 0.346. The first-order valence-electron chi connectivity index (χ1n) is 3.53. The van der Waals surface area contributed by atoms with E-state index in [-0.39, 0.29) is 6.09 Å². The molecule has 1 aliphatic heterocycles. The molecule has 1 rings (SSSR count). The highest BCUT2D eigenvalue weighted by Gasteiger charge is 2.18. The molecule has 1 amide bonds. The number of carbonyl (C=O) groups excluding carboxylic acids is 1. The zero-order valence-electron chi connectivity index (χ0n) is 6.49. The fraction of sp³-hybridized carbons (Fsp3) is 0.833. The average molecular weight is 176 g/mol. The summed E-state index contributed by atoms with van der Waals surface area (Å²) in [5.74, 6) is 0.